The van der Waals surface area contributed by atoms with E-state index in [1.165, 1.54) is 6.07 Å². The van der Waals surface area contributed by atoms with E-state index in [1.807, 2.05) is 43.3 Å². The van der Waals surface area contributed by atoms with Crippen LogP contribution in [-0.4, -0.2) is 40.1 Å². The van der Waals surface area contributed by atoms with Crippen LogP contribution in [0.5, 0.6) is 11.5 Å². The van der Waals surface area contributed by atoms with E-state index < -0.39 is 0 Å². The Hall–Kier alpha value is -5.63. The molecule has 13 nitrogen and oxygen atoms in total. The van der Waals surface area contributed by atoms with Crippen molar-refractivity contribution >= 4 is 75.1 Å². The number of aryl methyl sites for hydroxylation is 2. The van der Waals surface area contributed by atoms with Crippen LogP contribution in [0.1, 0.15) is 11.4 Å². The summed E-state index contributed by atoms with van der Waals surface area (Å²) in [4.78, 5) is 23.3. The summed E-state index contributed by atoms with van der Waals surface area (Å²) in [5.41, 5.74) is 20.8. The maximum atomic E-state index is 9.52. The lowest BCUT2D eigenvalue weighted by Gasteiger charge is -2.09. The number of rotatable bonds is 4. The average molecular weight is 709 g/mol. The van der Waals surface area contributed by atoms with Crippen LogP contribution in [-0.2, 0) is 0 Å². The first kappa shape index (κ1) is 36.8. The third-order valence-corrected chi connectivity index (χ3v) is 5.97. The second-order valence-electron chi connectivity index (χ2n) is 9.61. The number of hydrogen-bond acceptors (Lipinski definition) is 13. The van der Waals surface area contributed by atoms with Gasteiger partial charge in [-0.05, 0) is 109 Å². The lowest BCUT2D eigenvalue weighted by Crippen LogP contribution is -2.05. The van der Waals surface area contributed by atoms with Gasteiger partial charge in [0.15, 0.2) is 0 Å². The quantitative estimate of drug-likeness (QED) is 0.0892. The summed E-state index contributed by atoms with van der Waals surface area (Å²) in [5.74, 6) is 1.87. The van der Waals surface area contributed by atoms with Gasteiger partial charge in [-0.2, -0.15) is 29.9 Å². The smallest absolute Gasteiger partial charge is 0.232 e. The van der Waals surface area contributed by atoms with Crippen LogP contribution in [0.15, 0.2) is 97.1 Å². The van der Waals surface area contributed by atoms with Crippen molar-refractivity contribution in [3.63, 3.8) is 0 Å². The van der Waals surface area contributed by atoms with Crippen molar-refractivity contribution in [3.05, 3.63) is 124 Å². The summed E-state index contributed by atoms with van der Waals surface area (Å²) in [5, 5.41) is 24.5. The first-order valence-corrected chi connectivity index (χ1v) is 15.0. The van der Waals surface area contributed by atoms with Crippen LogP contribution in [0.25, 0.3) is 0 Å². The van der Waals surface area contributed by atoms with Gasteiger partial charge in [0.05, 0.1) is 0 Å². The van der Waals surface area contributed by atoms with Gasteiger partial charge in [-0.15, -0.1) is 0 Å². The lowest BCUT2D eigenvalue weighted by molar-refractivity contribution is 0.475. The Kier molecular flexibility index (Phi) is 14.2. The number of anilines is 7. The number of nitrogens with zero attached hydrogens (tertiary/aromatic N) is 6. The van der Waals surface area contributed by atoms with E-state index in [9.17, 15) is 5.11 Å². The number of benzene rings is 4. The zero-order valence-corrected chi connectivity index (χ0v) is 27.9. The molecule has 0 saturated carbocycles. The molecule has 6 aromatic rings. The minimum atomic E-state index is 0.000000000000000444. The molecular weight excluding hydrogens is 677 g/mol. The molecule has 0 fully saturated rings. The summed E-state index contributed by atoms with van der Waals surface area (Å²) in [7, 11) is 0. The van der Waals surface area contributed by atoms with Gasteiger partial charge in [0.2, 0.25) is 27.7 Å². The van der Waals surface area contributed by atoms with Crippen molar-refractivity contribution in [1.82, 2.24) is 29.9 Å². The van der Waals surface area contributed by atoms with E-state index in [-0.39, 0.29) is 27.3 Å². The van der Waals surface area contributed by atoms with Crippen LogP contribution in [0.3, 0.4) is 0 Å². The van der Waals surface area contributed by atoms with E-state index >= 15 is 0 Å². The Morgan fingerprint density at radius 3 is 1.31 bits per heavy atom. The molecule has 0 bridgehead atoms. The maximum Gasteiger partial charge on any atom is 0.232 e. The summed E-state index contributed by atoms with van der Waals surface area (Å²) < 4.78 is 0. The second-order valence-corrected chi connectivity index (χ2v) is 10.6. The Balaban J connectivity index is 0.000000204. The first-order valence-electron chi connectivity index (χ1n) is 13.8. The van der Waals surface area contributed by atoms with Crippen molar-refractivity contribution in [1.29, 1.82) is 0 Å². The van der Waals surface area contributed by atoms with E-state index in [4.69, 9.17) is 57.1 Å². The van der Waals surface area contributed by atoms with Crippen LogP contribution < -0.4 is 27.8 Å². The summed E-state index contributed by atoms with van der Waals surface area (Å²) in [6, 6.07) is 28.4. The van der Waals surface area contributed by atoms with Gasteiger partial charge in [-0.1, -0.05) is 30.3 Å². The number of phenols is 2. The third kappa shape index (κ3) is 14.2. The van der Waals surface area contributed by atoms with Gasteiger partial charge in [0.25, 0.3) is 0 Å². The zero-order chi connectivity index (χ0) is 35.1. The van der Waals surface area contributed by atoms with E-state index in [0.717, 1.165) is 11.3 Å². The van der Waals surface area contributed by atoms with Crippen LogP contribution in [0.2, 0.25) is 15.9 Å². The third-order valence-electron chi connectivity index (χ3n) is 5.46. The predicted molar refractivity (Wildman–Crippen MR) is 193 cm³/mol. The monoisotopic (exact) mass is 707 g/mol. The fourth-order valence-corrected chi connectivity index (χ4v) is 4.16. The van der Waals surface area contributed by atoms with Gasteiger partial charge in [-0.25, -0.2) is 0 Å². The molecule has 0 radical (unpaired) electrons. The van der Waals surface area contributed by atoms with Gasteiger partial charge in [0.1, 0.15) is 17.3 Å². The number of hydrogen-bond donors (Lipinski definition) is 7. The van der Waals surface area contributed by atoms with Crippen molar-refractivity contribution in [2.75, 3.05) is 27.8 Å². The Labute approximate surface area is 291 Å². The number of nitrogen functional groups attached to an aromatic ring is 3. The van der Waals surface area contributed by atoms with E-state index in [2.05, 4.69) is 40.5 Å². The van der Waals surface area contributed by atoms with Gasteiger partial charge >= 0.3 is 0 Å². The number of halogens is 3. The number of aromatic hydroxyl groups is 2. The standard InChI is InChI=1S/C17H17N5O.C6H8N2.C6H7NO.C3Cl3N3/c1-11-5-3-6-13(9-11)20-16-18-12(2)19-17(22-16)21-14-7-4-8-15(23)10-14;2*7-5-2-1-3-6(8)4-5;4-1-7-2(5)9-3(6)8-1/h3-10,23H,1-2H3,(H2,18,19,20,21,22);1-4H,7-8H2;1-4,8H,7H2;. The van der Waals surface area contributed by atoms with Gasteiger partial charge in [0, 0.05) is 40.6 Å². The molecule has 0 aliphatic carbocycles. The fraction of sp³-hybridized carbons (Fsp3) is 0.0625. The van der Waals surface area contributed by atoms with Crippen LogP contribution >= 0.6 is 34.8 Å². The molecule has 0 atom stereocenters. The zero-order valence-electron chi connectivity index (χ0n) is 25.7. The predicted octanol–water partition coefficient (Wildman–Crippen LogP) is 7.34. The Bertz CT molecular complexity index is 1740. The summed E-state index contributed by atoms with van der Waals surface area (Å²) >= 11 is 16.0. The normalized spacial score (nSPS) is 9.77. The highest BCUT2D eigenvalue weighted by Crippen LogP contribution is 2.20. The Morgan fingerprint density at radius 2 is 0.917 bits per heavy atom. The molecule has 248 valence electrons. The molecule has 6 rings (SSSR count). The van der Waals surface area contributed by atoms with Crippen LogP contribution in [0.4, 0.5) is 40.3 Å². The molecule has 4 aromatic carbocycles. The minimum Gasteiger partial charge on any atom is -0.508 e. The number of aromatic nitrogens is 6. The van der Waals surface area contributed by atoms with E-state index in [1.54, 1.807) is 61.5 Å². The lowest BCUT2D eigenvalue weighted by atomic mass is 10.2. The van der Waals surface area contributed by atoms with Gasteiger partial charge in [-0.3, -0.25) is 0 Å². The second kappa shape index (κ2) is 18.5. The molecule has 16 heteroatoms. The highest BCUT2D eigenvalue weighted by atomic mass is 35.5. The maximum absolute atomic E-state index is 9.52. The topological polar surface area (TPSA) is 220 Å². The molecule has 0 aliphatic rings. The fourth-order valence-electron chi connectivity index (χ4n) is 3.55. The molecule has 0 aliphatic heterocycles. The Morgan fingerprint density at radius 1 is 0.500 bits per heavy atom. The summed E-state index contributed by atoms with van der Waals surface area (Å²) in [6.45, 7) is 3.83. The molecule has 0 spiro atoms. The highest BCUT2D eigenvalue weighted by Gasteiger charge is 2.06. The molecule has 2 heterocycles. The molecule has 48 heavy (non-hydrogen) atoms. The SMILES string of the molecule is Cc1cccc(Nc2nc(C)nc(Nc3cccc(O)c3)n2)c1.Clc1nc(Cl)nc(Cl)n1.Nc1cccc(N)c1.Nc1cccc(O)c1. The van der Waals surface area contributed by atoms with Crippen molar-refractivity contribution in [3.8, 4) is 11.5 Å². The first-order chi connectivity index (χ1) is 22.8. The number of nitrogens with two attached hydrogens (primary N) is 3. The highest BCUT2D eigenvalue weighted by molar-refractivity contribution is 6.33. The van der Waals surface area contributed by atoms with Crippen molar-refractivity contribution in [2.45, 2.75) is 13.8 Å². The molecule has 0 amide bonds. The van der Waals surface area contributed by atoms with Crippen molar-refractivity contribution in [2.24, 2.45) is 0 Å². The van der Waals surface area contributed by atoms with Crippen LogP contribution in [0, 0.1) is 13.8 Å². The largest absolute Gasteiger partial charge is 0.508 e. The molecule has 0 unspecified atom stereocenters. The minimum absolute atomic E-state index is 0.000000000000000444. The van der Waals surface area contributed by atoms with Gasteiger partial charge < -0.3 is 38.0 Å². The molecule has 2 aromatic heterocycles. The number of nitrogens with one attached hydrogen (secondary N) is 2. The molecule has 10 N–H and O–H groups in total. The molecular formula is C32H32Cl3N11O2. The number of phenolic OH excluding ortho intramolecular Hbond substituents is 2. The average Bonchev–Trinajstić information content (AvgIpc) is 2.97. The molecule has 0 saturated heterocycles. The van der Waals surface area contributed by atoms with E-state index in [0.29, 0.717) is 40.5 Å². The summed E-state index contributed by atoms with van der Waals surface area (Å²) in [6.07, 6.45) is 0. The van der Waals surface area contributed by atoms with Crippen molar-refractivity contribution < 1.29 is 10.2 Å².